The van der Waals surface area contributed by atoms with Gasteiger partial charge in [-0.2, -0.15) is 0 Å². The number of hydrogen-bond acceptors (Lipinski definition) is 5. The van der Waals surface area contributed by atoms with Crippen LogP contribution in [0.25, 0.3) is 0 Å². The van der Waals surface area contributed by atoms with Crippen molar-refractivity contribution >= 4 is 5.95 Å². The SMILES string of the molecule is COc1ccccc1C1(O)CC2CCC(C1)N2c1ncccn1. The summed E-state index contributed by atoms with van der Waals surface area (Å²) < 4.78 is 5.47. The van der Waals surface area contributed by atoms with Gasteiger partial charge in [0.25, 0.3) is 0 Å². The lowest BCUT2D eigenvalue weighted by molar-refractivity contribution is -0.00525. The Morgan fingerprint density at radius 1 is 1.09 bits per heavy atom. The molecule has 23 heavy (non-hydrogen) atoms. The molecule has 4 rings (SSSR count). The van der Waals surface area contributed by atoms with Crippen LogP contribution in [0.3, 0.4) is 0 Å². The maximum Gasteiger partial charge on any atom is 0.225 e. The highest BCUT2D eigenvalue weighted by atomic mass is 16.5. The minimum Gasteiger partial charge on any atom is -0.496 e. The summed E-state index contributed by atoms with van der Waals surface area (Å²) in [5.74, 6) is 1.54. The molecule has 2 bridgehead atoms. The number of rotatable bonds is 3. The average Bonchev–Trinajstić information content (AvgIpc) is 2.88. The first-order valence-electron chi connectivity index (χ1n) is 8.12. The van der Waals surface area contributed by atoms with Crippen LogP contribution >= 0.6 is 0 Å². The third-order valence-electron chi connectivity index (χ3n) is 5.16. The van der Waals surface area contributed by atoms with E-state index in [9.17, 15) is 5.11 Å². The summed E-state index contributed by atoms with van der Waals surface area (Å²) in [6.45, 7) is 0. The van der Waals surface area contributed by atoms with Gasteiger partial charge in [0.2, 0.25) is 5.95 Å². The van der Waals surface area contributed by atoms with Crippen molar-refractivity contribution in [2.75, 3.05) is 12.0 Å². The number of benzene rings is 1. The third-order valence-corrected chi connectivity index (χ3v) is 5.16. The lowest BCUT2D eigenvalue weighted by Crippen LogP contribution is -2.50. The summed E-state index contributed by atoms with van der Waals surface area (Å²) >= 11 is 0. The Morgan fingerprint density at radius 3 is 2.39 bits per heavy atom. The zero-order valence-electron chi connectivity index (χ0n) is 13.2. The largest absolute Gasteiger partial charge is 0.496 e. The van der Waals surface area contributed by atoms with Gasteiger partial charge in [-0.1, -0.05) is 18.2 Å². The summed E-state index contributed by atoms with van der Waals surface area (Å²) in [7, 11) is 1.66. The Bertz CT molecular complexity index is 678. The van der Waals surface area contributed by atoms with Gasteiger partial charge in [-0.05, 0) is 25.0 Å². The van der Waals surface area contributed by atoms with Crippen LogP contribution in [0.5, 0.6) is 5.75 Å². The Morgan fingerprint density at radius 2 is 1.74 bits per heavy atom. The summed E-state index contributed by atoms with van der Waals surface area (Å²) in [5, 5.41) is 11.4. The van der Waals surface area contributed by atoms with Gasteiger partial charge in [-0.15, -0.1) is 0 Å². The standard InChI is InChI=1S/C18H21N3O2/c1-23-16-6-3-2-5-15(16)18(22)11-13-7-8-14(12-18)21(13)17-19-9-4-10-20-17/h2-6,9-10,13-14,22H,7-8,11-12H2,1H3. The van der Waals surface area contributed by atoms with Gasteiger partial charge in [-0.25, -0.2) is 9.97 Å². The molecular weight excluding hydrogens is 290 g/mol. The van der Waals surface area contributed by atoms with E-state index in [0.717, 1.165) is 30.1 Å². The second-order valence-corrected chi connectivity index (χ2v) is 6.48. The van der Waals surface area contributed by atoms with Crippen LogP contribution in [0, 0.1) is 0 Å². The number of hydrogen-bond donors (Lipinski definition) is 1. The van der Waals surface area contributed by atoms with Crippen LogP contribution in [0.1, 0.15) is 31.2 Å². The lowest BCUT2D eigenvalue weighted by atomic mass is 9.80. The Hall–Kier alpha value is -2.14. The van der Waals surface area contributed by atoms with E-state index in [2.05, 4.69) is 14.9 Å². The fraction of sp³-hybridized carbons (Fsp3) is 0.444. The van der Waals surface area contributed by atoms with Crippen LogP contribution in [0.15, 0.2) is 42.7 Å². The van der Waals surface area contributed by atoms with E-state index in [1.807, 2.05) is 30.3 Å². The molecule has 0 aliphatic carbocycles. The van der Waals surface area contributed by atoms with Gasteiger partial charge in [0.15, 0.2) is 0 Å². The maximum absolute atomic E-state index is 11.4. The van der Waals surface area contributed by atoms with Crippen molar-refractivity contribution in [3.05, 3.63) is 48.3 Å². The molecule has 2 aliphatic heterocycles. The Balaban J connectivity index is 1.67. The van der Waals surface area contributed by atoms with Crippen molar-refractivity contribution in [1.29, 1.82) is 0 Å². The minimum atomic E-state index is -0.844. The summed E-state index contributed by atoms with van der Waals surface area (Å²) in [5.41, 5.74) is 0.0528. The number of fused-ring (bicyclic) bond motifs is 2. The lowest BCUT2D eigenvalue weighted by Gasteiger charge is -2.44. The van der Waals surface area contributed by atoms with Crippen LogP contribution in [0.4, 0.5) is 5.95 Å². The fourth-order valence-corrected chi connectivity index (χ4v) is 4.22. The van der Waals surface area contributed by atoms with Crippen molar-refractivity contribution in [2.24, 2.45) is 0 Å². The smallest absolute Gasteiger partial charge is 0.225 e. The molecular formula is C18H21N3O2. The molecule has 0 radical (unpaired) electrons. The van der Waals surface area contributed by atoms with Gasteiger partial charge < -0.3 is 14.7 Å². The number of methoxy groups -OCH3 is 1. The molecule has 0 saturated carbocycles. The monoisotopic (exact) mass is 311 g/mol. The molecule has 2 fully saturated rings. The molecule has 0 amide bonds. The van der Waals surface area contributed by atoms with Gasteiger partial charge in [0.05, 0.1) is 12.7 Å². The number of nitrogens with zero attached hydrogens (tertiary/aromatic N) is 3. The van der Waals surface area contributed by atoms with Crippen molar-refractivity contribution in [3.8, 4) is 5.75 Å². The van der Waals surface area contributed by atoms with Crippen LogP contribution in [-0.4, -0.2) is 34.3 Å². The summed E-state index contributed by atoms with van der Waals surface area (Å²) in [4.78, 5) is 11.1. The second kappa shape index (κ2) is 5.49. The molecule has 120 valence electrons. The number of ether oxygens (including phenoxy) is 1. The van der Waals surface area contributed by atoms with E-state index in [0.29, 0.717) is 12.8 Å². The van der Waals surface area contributed by atoms with E-state index in [-0.39, 0.29) is 12.1 Å². The Labute approximate surface area is 136 Å². The van der Waals surface area contributed by atoms with Gasteiger partial charge in [0, 0.05) is 42.9 Å². The highest BCUT2D eigenvalue weighted by molar-refractivity contribution is 5.43. The highest BCUT2D eigenvalue weighted by Gasteiger charge is 2.50. The summed E-state index contributed by atoms with van der Waals surface area (Å²) in [6.07, 6.45) is 7.07. The van der Waals surface area contributed by atoms with E-state index < -0.39 is 5.60 Å². The molecule has 0 spiro atoms. The highest BCUT2D eigenvalue weighted by Crippen LogP contribution is 2.48. The molecule has 1 N–H and O–H groups in total. The van der Waals surface area contributed by atoms with E-state index in [1.54, 1.807) is 19.5 Å². The molecule has 2 atom stereocenters. The number of aromatic nitrogens is 2. The normalized spacial score (nSPS) is 29.6. The molecule has 2 saturated heterocycles. The van der Waals surface area contributed by atoms with Crippen LogP contribution in [0.2, 0.25) is 0 Å². The van der Waals surface area contributed by atoms with Crippen LogP contribution in [-0.2, 0) is 5.60 Å². The fourth-order valence-electron chi connectivity index (χ4n) is 4.22. The predicted octanol–water partition coefficient (Wildman–Crippen LogP) is 2.50. The maximum atomic E-state index is 11.4. The quantitative estimate of drug-likeness (QED) is 0.944. The first-order valence-corrected chi connectivity index (χ1v) is 8.12. The number of aliphatic hydroxyl groups is 1. The zero-order valence-corrected chi connectivity index (χ0v) is 13.2. The van der Waals surface area contributed by atoms with Crippen molar-refractivity contribution < 1.29 is 9.84 Å². The molecule has 5 nitrogen and oxygen atoms in total. The molecule has 1 aromatic heterocycles. The van der Waals surface area contributed by atoms with Gasteiger partial charge in [-0.3, -0.25) is 0 Å². The predicted molar refractivity (Wildman–Crippen MR) is 87.4 cm³/mol. The molecule has 5 heteroatoms. The Kier molecular flexibility index (Phi) is 3.45. The minimum absolute atomic E-state index is 0.270. The molecule has 3 heterocycles. The van der Waals surface area contributed by atoms with Gasteiger partial charge in [0.1, 0.15) is 5.75 Å². The second-order valence-electron chi connectivity index (χ2n) is 6.48. The van der Waals surface area contributed by atoms with E-state index in [4.69, 9.17) is 4.74 Å². The molecule has 2 aromatic rings. The van der Waals surface area contributed by atoms with Gasteiger partial charge >= 0.3 is 0 Å². The van der Waals surface area contributed by atoms with Crippen molar-refractivity contribution in [3.63, 3.8) is 0 Å². The van der Waals surface area contributed by atoms with Crippen molar-refractivity contribution in [1.82, 2.24) is 9.97 Å². The van der Waals surface area contributed by atoms with Crippen LogP contribution < -0.4 is 9.64 Å². The third kappa shape index (κ3) is 2.36. The van der Waals surface area contributed by atoms with Crippen molar-refractivity contribution in [2.45, 2.75) is 43.4 Å². The topological polar surface area (TPSA) is 58.5 Å². The van der Waals surface area contributed by atoms with E-state index >= 15 is 0 Å². The first-order chi connectivity index (χ1) is 11.2. The molecule has 2 aliphatic rings. The summed E-state index contributed by atoms with van der Waals surface area (Å²) in [6, 6.07) is 10.2. The molecule has 2 unspecified atom stereocenters. The number of para-hydroxylation sites is 1. The first kappa shape index (κ1) is 14.5. The number of piperidine rings is 1. The molecule has 1 aromatic carbocycles. The number of anilines is 1. The average molecular weight is 311 g/mol. The zero-order chi connectivity index (χ0) is 15.9. The van der Waals surface area contributed by atoms with E-state index in [1.165, 1.54) is 0 Å².